The Bertz CT molecular complexity index is 355. The normalized spacial score (nSPS) is 10.2. The molecule has 3 nitrogen and oxygen atoms in total. The molecule has 1 aromatic rings. The van der Waals surface area contributed by atoms with Crippen molar-refractivity contribution in [2.24, 2.45) is 5.73 Å². The Hall–Kier alpha value is -1.42. The molecular weight excluding hydrogens is 207 g/mol. The van der Waals surface area contributed by atoms with Gasteiger partial charge in [0.2, 0.25) is 5.91 Å². The first kappa shape index (κ1) is 12.6. The first-order valence-electron chi connectivity index (χ1n) is 5.45. The molecule has 0 radical (unpaired) electrons. The molecule has 4 heteroatoms. The number of benzene rings is 1. The average molecular weight is 224 g/mol. The van der Waals surface area contributed by atoms with Gasteiger partial charge in [0.25, 0.3) is 0 Å². The third kappa shape index (κ3) is 3.31. The van der Waals surface area contributed by atoms with Gasteiger partial charge in [0.05, 0.1) is 0 Å². The van der Waals surface area contributed by atoms with Crippen LogP contribution in [0.25, 0.3) is 0 Å². The molecule has 0 bridgehead atoms. The molecule has 88 valence electrons. The molecule has 1 rings (SSSR count). The van der Waals surface area contributed by atoms with Crippen LogP contribution >= 0.6 is 0 Å². The van der Waals surface area contributed by atoms with Crippen molar-refractivity contribution in [3.8, 4) is 0 Å². The summed E-state index contributed by atoms with van der Waals surface area (Å²) in [7, 11) is 0. The summed E-state index contributed by atoms with van der Waals surface area (Å²) in [4.78, 5) is 13.3. The zero-order valence-electron chi connectivity index (χ0n) is 9.45. The molecule has 16 heavy (non-hydrogen) atoms. The van der Waals surface area contributed by atoms with Gasteiger partial charge >= 0.3 is 0 Å². The lowest BCUT2D eigenvalue weighted by Gasteiger charge is -2.22. The van der Waals surface area contributed by atoms with Gasteiger partial charge < -0.3 is 10.6 Å². The van der Waals surface area contributed by atoms with Crippen molar-refractivity contribution >= 4 is 11.6 Å². The number of nitrogens with zero attached hydrogens (tertiary/aromatic N) is 1. The number of anilines is 1. The largest absolute Gasteiger partial charge is 0.329 e. The second-order valence-corrected chi connectivity index (χ2v) is 3.56. The quantitative estimate of drug-likeness (QED) is 0.830. The first-order chi connectivity index (χ1) is 7.69. The van der Waals surface area contributed by atoms with E-state index >= 15 is 0 Å². The van der Waals surface area contributed by atoms with E-state index in [1.807, 2.05) is 6.92 Å². The van der Waals surface area contributed by atoms with Crippen LogP contribution in [0.5, 0.6) is 0 Å². The number of halogens is 1. The third-order valence-corrected chi connectivity index (χ3v) is 2.24. The topological polar surface area (TPSA) is 46.3 Å². The van der Waals surface area contributed by atoms with Gasteiger partial charge in [-0.05, 0) is 24.6 Å². The maximum Gasteiger partial charge on any atom is 0.227 e. The summed E-state index contributed by atoms with van der Waals surface area (Å²) in [6.45, 7) is 2.72. The van der Waals surface area contributed by atoms with E-state index in [-0.39, 0.29) is 11.7 Å². The maximum absolute atomic E-state index is 13.0. The molecule has 0 aliphatic heterocycles. The van der Waals surface area contributed by atoms with Crippen molar-refractivity contribution in [3.05, 3.63) is 30.1 Å². The lowest BCUT2D eigenvalue weighted by molar-refractivity contribution is -0.118. The Labute approximate surface area is 95.0 Å². The van der Waals surface area contributed by atoms with Crippen LogP contribution < -0.4 is 10.6 Å². The molecule has 0 aliphatic rings. The minimum absolute atomic E-state index is 0.0152. The molecular formula is C12H17FN2O. The van der Waals surface area contributed by atoms with E-state index in [4.69, 9.17) is 5.73 Å². The molecule has 0 saturated heterocycles. The van der Waals surface area contributed by atoms with Crippen LogP contribution in [0.15, 0.2) is 24.3 Å². The van der Waals surface area contributed by atoms with Gasteiger partial charge in [-0.15, -0.1) is 0 Å². The Morgan fingerprint density at radius 1 is 1.50 bits per heavy atom. The van der Waals surface area contributed by atoms with Crippen molar-refractivity contribution in [1.29, 1.82) is 0 Å². The van der Waals surface area contributed by atoms with Crippen molar-refractivity contribution in [3.63, 3.8) is 0 Å². The van der Waals surface area contributed by atoms with Crippen LogP contribution in [0.2, 0.25) is 0 Å². The van der Waals surface area contributed by atoms with E-state index in [9.17, 15) is 9.18 Å². The van der Waals surface area contributed by atoms with Crippen molar-refractivity contribution in [2.45, 2.75) is 19.8 Å². The van der Waals surface area contributed by atoms with Crippen LogP contribution in [-0.2, 0) is 4.79 Å². The highest BCUT2D eigenvalue weighted by molar-refractivity contribution is 5.93. The monoisotopic (exact) mass is 224 g/mol. The molecule has 0 aliphatic carbocycles. The maximum atomic E-state index is 13.0. The Morgan fingerprint density at radius 2 is 2.25 bits per heavy atom. The minimum Gasteiger partial charge on any atom is -0.329 e. The number of amides is 1. The molecule has 0 aromatic heterocycles. The summed E-state index contributed by atoms with van der Waals surface area (Å²) in [6.07, 6.45) is 1.23. The number of nitrogens with two attached hydrogens (primary N) is 1. The van der Waals surface area contributed by atoms with Gasteiger partial charge in [-0.25, -0.2) is 4.39 Å². The second-order valence-electron chi connectivity index (χ2n) is 3.56. The molecule has 2 N–H and O–H groups in total. The average Bonchev–Trinajstić information content (AvgIpc) is 2.26. The molecule has 0 unspecified atom stereocenters. The third-order valence-electron chi connectivity index (χ3n) is 2.24. The van der Waals surface area contributed by atoms with Crippen molar-refractivity contribution < 1.29 is 9.18 Å². The van der Waals surface area contributed by atoms with Crippen LogP contribution in [0.1, 0.15) is 19.8 Å². The number of hydrogen-bond donors (Lipinski definition) is 1. The minimum atomic E-state index is -0.344. The van der Waals surface area contributed by atoms with Gasteiger partial charge in [0.15, 0.2) is 0 Å². The summed E-state index contributed by atoms with van der Waals surface area (Å²) in [6, 6.07) is 6.01. The lowest BCUT2D eigenvalue weighted by Crippen LogP contribution is -2.35. The van der Waals surface area contributed by atoms with E-state index < -0.39 is 0 Å². The highest BCUT2D eigenvalue weighted by atomic mass is 19.1. The fourth-order valence-electron chi connectivity index (χ4n) is 1.52. The van der Waals surface area contributed by atoms with E-state index in [2.05, 4.69) is 0 Å². The lowest BCUT2D eigenvalue weighted by atomic mass is 10.2. The van der Waals surface area contributed by atoms with Gasteiger partial charge in [0, 0.05) is 25.2 Å². The van der Waals surface area contributed by atoms with Crippen LogP contribution in [0.4, 0.5) is 10.1 Å². The predicted octanol–water partition coefficient (Wildman–Crippen LogP) is 1.92. The van der Waals surface area contributed by atoms with E-state index in [1.165, 1.54) is 17.0 Å². The molecule has 0 atom stereocenters. The summed E-state index contributed by atoms with van der Waals surface area (Å²) in [5.74, 6) is -0.359. The summed E-state index contributed by atoms with van der Waals surface area (Å²) in [5.41, 5.74) is 6.02. The molecule has 1 amide bonds. The molecule has 0 fully saturated rings. The van der Waals surface area contributed by atoms with E-state index in [0.29, 0.717) is 25.2 Å². The Morgan fingerprint density at radius 3 is 2.81 bits per heavy atom. The van der Waals surface area contributed by atoms with Crippen LogP contribution in [-0.4, -0.2) is 19.0 Å². The Kier molecular flexibility index (Phi) is 4.92. The zero-order valence-corrected chi connectivity index (χ0v) is 9.45. The van der Waals surface area contributed by atoms with E-state index in [1.54, 1.807) is 12.1 Å². The van der Waals surface area contributed by atoms with Gasteiger partial charge in [-0.2, -0.15) is 0 Å². The predicted molar refractivity (Wildman–Crippen MR) is 62.7 cm³/mol. The zero-order chi connectivity index (χ0) is 12.0. The number of carbonyl (C=O) groups excluding carboxylic acids is 1. The van der Waals surface area contributed by atoms with Crippen LogP contribution in [0.3, 0.4) is 0 Å². The van der Waals surface area contributed by atoms with Crippen molar-refractivity contribution in [1.82, 2.24) is 0 Å². The van der Waals surface area contributed by atoms with Crippen molar-refractivity contribution in [2.75, 3.05) is 18.0 Å². The summed E-state index contributed by atoms with van der Waals surface area (Å²) < 4.78 is 13.0. The fourth-order valence-corrected chi connectivity index (χ4v) is 1.52. The highest BCUT2D eigenvalue weighted by Crippen LogP contribution is 2.16. The van der Waals surface area contributed by atoms with Crippen LogP contribution in [0, 0.1) is 5.82 Å². The number of carbonyl (C=O) groups is 1. The summed E-state index contributed by atoms with van der Waals surface area (Å²) in [5, 5.41) is 0. The standard InChI is InChI=1S/C12H17FN2O/c1-2-4-12(16)15(8-7-14)11-6-3-5-10(13)9-11/h3,5-6,9H,2,4,7-8,14H2,1H3. The van der Waals surface area contributed by atoms with E-state index in [0.717, 1.165) is 6.42 Å². The highest BCUT2D eigenvalue weighted by Gasteiger charge is 2.14. The molecule has 1 aromatic carbocycles. The Balaban J connectivity index is 2.88. The van der Waals surface area contributed by atoms with Gasteiger partial charge in [-0.1, -0.05) is 13.0 Å². The molecule has 0 heterocycles. The first-order valence-corrected chi connectivity index (χ1v) is 5.45. The number of hydrogen-bond acceptors (Lipinski definition) is 2. The fraction of sp³-hybridized carbons (Fsp3) is 0.417. The van der Waals surface area contributed by atoms with Gasteiger partial charge in [-0.3, -0.25) is 4.79 Å². The molecule has 0 spiro atoms. The van der Waals surface area contributed by atoms with Gasteiger partial charge in [0.1, 0.15) is 5.82 Å². The summed E-state index contributed by atoms with van der Waals surface area (Å²) >= 11 is 0. The second kappa shape index (κ2) is 6.23. The SMILES string of the molecule is CCCC(=O)N(CCN)c1cccc(F)c1. The number of rotatable bonds is 5. The molecule has 0 saturated carbocycles. The smallest absolute Gasteiger partial charge is 0.227 e.